The zero-order chi connectivity index (χ0) is 20.6. The smallest absolute Gasteiger partial charge is 0.339 e. The molecule has 0 radical (unpaired) electrons. The fourth-order valence-electron chi connectivity index (χ4n) is 5.96. The molecule has 1 amide bonds. The molecule has 162 valence electrons. The lowest BCUT2D eigenvalue weighted by Gasteiger charge is -2.41. The number of benzene rings is 1. The Kier molecular flexibility index (Phi) is 5.54. The van der Waals surface area contributed by atoms with Crippen molar-refractivity contribution in [1.82, 2.24) is 15.3 Å². The Labute approximate surface area is 178 Å². The molecular weight excluding hydrogens is 378 g/mol. The molecule has 1 saturated heterocycles. The van der Waals surface area contributed by atoms with Crippen molar-refractivity contribution in [2.24, 2.45) is 5.92 Å². The first-order valence-corrected chi connectivity index (χ1v) is 11.8. The van der Waals surface area contributed by atoms with E-state index in [1.165, 1.54) is 32.1 Å². The summed E-state index contributed by atoms with van der Waals surface area (Å²) in [5.41, 5.74) is 4.36. The number of fused-ring (bicyclic) bond motifs is 2. The first-order chi connectivity index (χ1) is 14.6. The van der Waals surface area contributed by atoms with Crippen LogP contribution in [0.25, 0.3) is 0 Å². The molecule has 0 atom stereocenters. The molecule has 1 N–H and O–H groups in total. The second kappa shape index (κ2) is 8.31. The SMILES string of the molecule is O=C1O[C@]2(CC[C@H](C(=O)NN3CCN(C4CCCCC4)CC3)CC2)c2ccccc21. The molecule has 2 aliphatic heterocycles. The Balaban J connectivity index is 1.12. The van der Waals surface area contributed by atoms with Crippen molar-refractivity contribution in [2.45, 2.75) is 69.4 Å². The van der Waals surface area contributed by atoms with Gasteiger partial charge < -0.3 is 4.74 Å². The van der Waals surface area contributed by atoms with Gasteiger partial charge in [-0.2, -0.15) is 0 Å². The molecule has 1 spiro atoms. The van der Waals surface area contributed by atoms with Gasteiger partial charge in [-0.1, -0.05) is 37.5 Å². The third-order valence-electron chi connectivity index (χ3n) is 7.76. The average Bonchev–Trinajstić information content (AvgIpc) is 3.07. The Morgan fingerprint density at radius 1 is 0.967 bits per heavy atom. The van der Waals surface area contributed by atoms with Crippen molar-refractivity contribution in [2.75, 3.05) is 26.2 Å². The van der Waals surface area contributed by atoms with Gasteiger partial charge in [0.25, 0.3) is 0 Å². The summed E-state index contributed by atoms with van der Waals surface area (Å²) in [4.78, 5) is 27.8. The first-order valence-electron chi connectivity index (χ1n) is 11.8. The van der Waals surface area contributed by atoms with E-state index in [4.69, 9.17) is 4.74 Å². The average molecular weight is 412 g/mol. The summed E-state index contributed by atoms with van der Waals surface area (Å²) in [5, 5.41) is 2.11. The van der Waals surface area contributed by atoms with Crippen LogP contribution in [0.1, 0.15) is 73.7 Å². The van der Waals surface area contributed by atoms with Crippen molar-refractivity contribution in [3.05, 3.63) is 35.4 Å². The highest BCUT2D eigenvalue weighted by molar-refractivity contribution is 5.94. The Bertz CT molecular complexity index is 789. The van der Waals surface area contributed by atoms with Crippen LogP contribution in [0.3, 0.4) is 0 Å². The quantitative estimate of drug-likeness (QED) is 0.774. The molecule has 30 heavy (non-hydrogen) atoms. The summed E-state index contributed by atoms with van der Waals surface area (Å²) in [6, 6.07) is 8.45. The van der Waals surface area contributed by atoms with Crippen LogP contribution in [-0.4, -0.2) is 54.0 Å². The second-order valence-electron chi connectivity index (χ2n) is 9.49. The van der Waals surface area contributed by atoms with E-state index in [-0.39, 0.29) is 17.8 Å². The van der Waals surface area contributed by atoms with Crippen LogP contribution >= 0.6 is 0 Å². The maximum atomic E-state index is 12.9. The number of hydrogen-bond donors (Lipinski definition) is 1. The molecule has 4 aliphatic rings. The molecule has 2 aliphatic carbocycles. The maximum Gasteiger partial charge on any atom is 0.339 e. The summed E-state index contributed by atoms with van der Waals surface area (Å²) in [6.45, 7) is 3.91. The van der Waals surface area contributed by atoms with Gasteiger partial charge in [-0.25, -0.2) is 9.80 Å². The Hall–Kier alpha value is -1.92. The highest BCUT2D eigenvalue weighted by Gasteiger charge is 2.48. The number of nitrogens with zero attached hydrogens (tertiary/aromatic N) is 2. The van der Waals surface area contributed by atoms with Gasteiger partial charge in [0, 0.05) is 43.7 Å². The van der Waals surface area contributed by atoms with E-state index < -0.39 is 5.60 Å². The van der Waals surface area contributed by atoms with E-state index in [9.17, 15) is 9.59 Å². The van der Waals surface area contributed by atoms with Crippen LogP contribution in [0.2, 0.25) is 0 Å². The molecule has 6 nitrogen and oxygen atoms in total. The third kappa shape index (κ3) is 3.76. The Morgan fingerprint density at radius 3 is 2.40 bits per heavy atom. The van der Waals surface area contributed by atoms with E-state index in [0.29, 0.717) is 5.56 Å². The molecule has 2 heterocycles. The number of rotatable bonds is 3. The normalized spacial score (nSPS) is 30.8. The molecule has 0 unspecified atom stereocenters. The number of nitrogens with one attached hydrogen (secondary N) is 1. The lowest BCUT2D eigenvalue weighted by molar-refractivity contribution is -0.134. The first kappa shape index (κ1) is 20.0. The number of hydrogen-bond acceptors (Lipinski definition) is 5. The molecule has 0 bridgehead atoms. The molecule has 2 saturated carbocycles. The van der Waals surface area contributed by atoms with Crippen LogP contribution in [0, 0.1) is 5.92 Å². The number of amides is 1. The van der Waals surface area contributed by atoms with Crippen LogP contribution in [0.5, 0.6) is 0 Å². The van der Waals surface area contributed by atoms with Crippen molar-refractivity contribution in [1.29, 1.82) is 0 Å². The van der Waals surface area contributed by atoms with Crippen molar-refractivity contribution >= 4 is 11.9 Å². The van der Waals surface area contributed by atoms with Gasteiger partial charge in [0.2, 0.25) is 5.91 Å². The van der Waals surface area contributed by atoms with E-state index in [0.717, 1.165) is 63.5 Å². The molecular formula is C24H33N3O3. The van der Waals surface area contributed by atoms with Gasteiger partial charge in [0.15, 0.2) is 0 Å². The third-order valence-corrected chi connectivity index (χ3v) is 7.76. The zero-order valence-electron chi connectivity index (χ0n) is 17.8. The van der Waals surface area contributed by atoms with Gasteiger partial charge in [0.05, 0.1) is 5.56 Å². The van der Waals surface area contributed by atoms with Crippen LogP contribution in [0.15, 0.2) is 24.3 Å². The van der Waals surface area contributed by atoms with Crippen LogP contribution < -0.4 is 5.43 Å². The lowest BCUT2D eigenvalue weighted by Crippen LogP contribution is -2.57. The second-order valence-corrected chi connectivity index (χ2v) is 9.49. The number of carbonyl (C=O) groups is 2. The lowest BCUT2D eigenvalue weighted by atomic mass is 9.75. The van der Waals surface area contributed by atoms with E-state index in [2.05, 4.69) is 15.3 Å². The highest BCUT2D eigenvalue weighted by Crippen LogP contribution is 2.48. The summed E-state index contributed by atoms with van der Waals surface area (Å²) < 4.78 is 5.82. The highest BCUT2D eigenvalue weighted by atomic mass is 16.6. The molecule has 1 aromatic rings. The number of hydrazine groups is 1. The van der Waals surface area contributed by atoms with Crippen LogP contribution in [-0.2, 0) is 15.1 Å². The fraction of sp³-hybridized carbons (Fsp3) is 0.667. The van der Waals surface area contributed by atoms with Gasteiger partial charge in [-0.3, -0.25) is 15.1 Å². The standard InChI is InChI=1S/C24H33N3O3/c28-22(25-27-16-14-26(15-17-27)19-6-2-1-3-7-19)18-10-12-24(13-11-18)21-9-5-4-8-20(21)23(29)30-24/h4-5,8-9,18-19H,1-3,6-7,10-17H2,(H,25,28)/t18-,24-. The van der Waals surface area contributed by atoms with E-state index in [1.807, 2.05) is 24.3 Å². The minimum absolute atomic E-state index is 0.00142. The van der Waals surface area contributed by atoms with Gasteiger partial charge in [-0.05, 0) is 44.6 Å². The zero-order valence-corrected chi connectivity index (χ0v) is 17.8. The van der Waals surface area contributed by atoms with Crippen molar-refractivity contribution in [3.63, 3.8) is 0 Å². The van der Waals surface area contributed by atoms with Crippen molar-refractivity contribution in [3.8, 4) is 0 Å². The molecule has 3 fully saturated rings. The number of carbonyl (C=O) groups excluding carboxylic acids is 2. The van der Waals surface area contributed by atoms with Crippen molar-refractivity contribution < 1.29 is 14.3 Å². The van der Waals surface area contributed by atoms with Gasteiger partial charge in [0.1, 0.15) is 5.60 Å². The van der Waals surface area contributed by atoms with Gasteiger partial charge in [-0.15, -0.1) is 0 Å². The van der Waals surface area contributed by atoms with E-state index >= 15 is 0 Å². The summed E-state index contributed by atoms with van der Waals surface area (Å²) >= 11 is 0. The molecule has 1 aromatic carbocycles. The molecule has 5 rings (SSSR count). The number of esters is 1. The predicted molar refractivity (Wildman–Crippen MR) is 114 cm³/mol. The predicted octanol–water partition coefficient (Wildman–Crippen LogP) is 3.22. The topological polar surface area (TPSA) is 61.9 Å². The van der Waals surface area contributed by atoms with Gasteiger partial charge >= 0.3 is 5.97 Å². The number of ether oxygens (including phenoxy) is 1. The fourth-order valence-corrected chi connectivity index (χ4v) is 5.96. The maximum absolute atomic E-state index is 12.9. The summed E-state index contributed by atoms with van der Waals surface area (Å²) in [5.74, 6) is -0.0867. The van der Waals surface area contributed by atoms with Crippen LogP contribution in [0.4, 0.5) is 0 Å². The minimum atomic E-state index is -0.518. The van der Waals surface area contributed by atoms with E-state index in [1.54, 1.807) is 0 Å². The largest absolute Gasteiger partial charge is 0.451 e. The monoisotopic (exact) mass is 411 g/mol. The summed E-state index contributed by atoms with van der Waals surface area (Å²) in [6.07, 6.45) is 9.76. The summed E-state index contributed by atoms with van der Waals surface area (Å²) in [7, 11) is 0. The minimum Gasteiger partial charge on any atom is -0.451 e. The molecule has 6 heteroatoms. The Morgan fingerprint density at radius 2 is 1.67 bits per heavy atom. The number of piperazine rings is 1. The molecule has 0 aromatic heterocycles.